The number of fused-ring (bicyclic) bond motifs is 1. The van der Waals surface area contributed by atoms with Gasteiger partial charge in [-0.25, -0.2) is 4.98 Å². The fourth-order valence-electron chi connectivity index (χ4n) is 2.49. The predicted molar refractivity (Wildman–Crippen MR) is 86.5 cm³/mol. The molecule has 3 rings (SSSR count). The first kappa shape index (κ1) is 15.4. The summed E-state index contributed by atoms with van der Waals surface area (Å²) in [6.07, 6.45) is 2.57. The molecule has 0 amide bonds. The summed E-state index contributed by atoms with van der Waals surface area (Å²) >= 11 is 0. The van der Waals surface area contributed by atoms with Gasteiger partial charge in [-0.05, 0) is 25.0 Å². The largest absolute Gasteiger partial charge is 0.388 e. The first-order valence-corrected chi connectivity index (χ1v) is 7.66. The van der Waals surface area contributed by atoms with Crippen molar-refractivity contribution in [2.45, 2.75) is 38.8 Å². The molecule has 7 nitrogen and oxygen atoms in total. The molecule has 7 heteroatoms. The van der Waals surface area contributed by atoms with Gasteiger partial charge in [-0.2, -0.15) is 4.68 Å². The van der Waals surface area contributed by atoms with Crippen LogP contribution in [0.1, 0.15) is 26.7 Å². The molecule has 2 aromatic heterocycles. The minimum absolute atomic E-state index is 0.194. The van der Waals surface area contributed by atoms with Crippen molar-refractivity contribution in [3.05, 3.63) is 47.0 Å². The van der Waals surface area contributed by atoms with Crippen LogP contribution in [0.4, 0.5) is 0 Å². The lowest BCUT2D eigenvalue weighted by molar-refractivity contribution is 0.0140. The third-order valence-corrected chi connectivity index (χ3v) is 4.21. The second kappa shape index (κ2) is 5.92. The molecule has 0 unspecified atom stereocenters. The Morgan fingerprint density at radius 2 is 1.87 bits per heavy atom. The van der Waals surface area contributed by atoms with E-state index >= 15 is 0 Å². The van der Waals surface area contributed by atoms with Crippen LogP contribution in [-0.4, -0.2) is 35.3 Å². The molecule has 0 radical (unpaired) electrons. The number of hydrogen-bond donors (Lipinski definition) is 1. The zero-order chi connectivity index (χ0) is 16.4. The minimum atomic E-state index is -0.922. The normalized spacial score (nSPS) is 12.0. The van der Waals surface area contributed by atoms with E-state index in [4.69, 9.17) is 0 Å². The van der Waals surface area contributed by atoms with Crippen molar-refractivity contribution in [1.29, 1.82) is 0 Å². The molecule has 0 fully saturated rings. The summed E-state index contributed by atoms with van der Waals surface area (Å²) in [6.45, 7) is 3.98. The molecular formula is C16H19N5O2. The van der Waals surface area contributed by atoms with Gasteiger partial charge in [0.2, 0.25) is 0 Å². The van der Waals surface area contributed by atoms with Gasteiger partial charge in [0, 0.05) is 0 Å². The third-order valence-electron chi connectivity index (χ3n) is 4.21. The monoisotopic (exact) mass is 313 g/mol. The Kier molecular flexibility index (Phi) is 3.96. The fraction of sp³-hybridized carbons (Fsp3) is 0.375. The Morgan fingerprint density at radius 1 is 1.17 bits per heavy atom. The summed E-state index contributed by atoms with van der Waals surface area (Å²) in [7, 11) is 0. The molecule has 0 atom stereocenters. The van der Waals surface area contributed by atoms with E-state index in [1.807, 2.05) is 44.2 Å². The highest BCUT2D eigenvalue weighted by molar-refractivity contribution is 5.70. The average molecular weight is 313 g/mol. The molecule has 0 bridgehead atoms. The molecule has 23 heavy (non-hydrogen) atoms. The van der Waals surface area contributed by atoms with Crippen LogP contribution in [0, 0.1) is 0 Å². The highest BCUT2D eigenvalue weighted by atomic mass is 16.3. The fourth-order valence-corrected chi connectivity index (χ4v) is 2.49. The second-order valence-corrected chi connectivity index (χ2v) is 5.62. The maximum absolute atomic E-state index is 12.6. The van der Waals surface area contributed by atoms with Crippen LogP contribution in [0.15, 0.2) is 41.5 Å². The maximum Gasteiger partial charge on any atom is 0.283 e. The lowest BCUT2D eigenvalue weighted by Crippen LogP contribution is -2.37. The van der Waals surface area contributed by atoms with Crippen molar-refractivity contribution in [3.8, 4) is 5.69 Å². The maximum atomic E-state index is 12.6. The van der Waals surface area contributed by atoms with Crippen LogP contribution in [0.2, 0.25) is 0 Å². The van der Waals surface area contributed by atoms with Crippen molar-refractivity contribution in [3.63, 3.8) is 0 Å². The number of hydrogen-bond acceptors (Lipinski definition) is 5. The van der Waals surface area contributed by atoms with E-state index in [1.165, 1.54) is 15.6 Å². The predicted octanol–water partition coefficient (Wildman–Crippen LogP) is 1.53. The van der Waals surface area contributed by atoms with Gasteiger partial charge in [0.25, 0.3) is 5.56 Å². The third kappa shape index (κ3) is 2.75. The topological polar surface area (TPSA) is 85.8 Å². The van der Waals surface area contributed by atoms with Crippen LogP contribution in [-0.2, 0) is 6.54 Å². The summed E-state index contributed by atoms with van der Waals surface area (Å²) in [5, 5.41) is 18.4. The van der Waals surface area contributed by atoms with Gasteiger partial charge in [-0.15, -0.1) is 5.10 Å². The van der Waals surface area contributed by atoms with Crippen LogP contribution in [0.3, 0.4) is 0 Å². The Balaban J connectivity index is 2.07. The molecule has 1 aromatic carbocycles. The molecule has 0 aliphatic carbocycles. The Labute approximate surface area is 133 Å². The van der Waals surface area contributed by atoms with Crippen LogP contribution in [0.5, 0.6) is 0 Å². The molecule has 0 saturated carbocycles. The first-order chi connectivity index (χ1) is 11.1. The summed E-state index contributed by atoms with van der Waals surface area (Å²) in [6, 6.07) is 9.40. The highest BCUT2D eigenvalue weighted by Crippen LogP contribution is 2.17. The number of aliphatic hydroxyl groups is 1. The number of nitrogens with zero attached hydrogens (tertiary/aromatic N) is 5. The van der Waals surface area contributed by atoms with Crippen molar-refractivity contribution in [1.82, 2.24) is 24.5 Å². The van der Waals surface area contributed by atoms with Crippen molar-refractivity contribution in [2.24, 2.45) is 0 Å². The number of aromatic nitrogens is 5. The van der Waals surface area contributed by atoms with E-state index in [9.17, 15) is 9.90 Å². The van der Waals surface area contributed by atoms with E-state index in [-0.39, 0.29) is 17.6 Å². The number of rotatable bonds is 5. The summed E-state index contributed by atoms with van der Waals surface area (Å²) in [5.41, 5.74) is 0.185. The zero-order valence-corrected chi connectivity index (χ0v) is 13.2. The summed E-state index contributed by atoms with van der Waals surface area (Å²) < 4.78 is 2.94. The van der Waals surface area contributed by atoms with Gasteiger partial charge in [0.1, 0.15) is 6.33 Å². The molecule has 2 heterocycles. The smallest absolute Gasteiger partial charge is 0.283 e. The SMILES string of the molecule is CCC(O)(CC)Cn1cnc2c(nnn2-c2ccccc2)c1=O. The van der Waals surface area contributed by atoms with E-state index in [1.54, 1.807) is 0 Å². The van der Waals surface area contributed by atoms with Crippen molar-refractivity contribution < 1.29 is 5.11 Å². The highest BCUT2D eigenvalue weighted by Gasteiger charge is 2.24. The Hall–Kier alpha value is -2.54. The van der Waals surface area contributed by atoms with Gasteiger partial charge >= 0.3 is 0 Å². The minimum Gasteiger partial charge on any atom is -0.388 e. The van der Waals surface area contributed by atoms with Crippen molar-refractivity contribution in [2.75, 3.05) is 0 Å². The van der Waals surface area contributed by atoms with Gasteiger partial charge in [0.05, 0.1) is 17.8 Å². The van der Waals surface area contributed by atoms with Crippen LogP contribution < -0.4 is 5.56 Å². The average Bonchev–Trinajstić information content (AvgIpc) is 3.03. The summed E-state index contributed by atoms with van der Waals surface area (Å²) in [5.74, 6) is 0. The Morgan fingerprint density at radius 3 is 2.52 bits per heavy atom. The lowest BCUT2D eigenvalue weighted by atomic mass is 9.97. The van der Waals surface area contributed by atoms with Crippen LogP contribution >= 0.6 is 0 Å². The lowest BCUT2D eigenvalue weighted by Gasteiger charge is -2.25. The summed E-state index contributed by atoms with van der Waals surface area (Å²) in [4.78, 5) is 16.9. The van der Waals surface area contributed by atoms with Gasteiger partial charge in [0.15, 0.2) is 11.2 Å². The van der Waals surface area contributed by atoms with E-state index in [0.717, 1.165) is 5.69 Å². The standard InChI is InChI=1S/C16H19N5O2/c1-3-16(23,4-2)10-20-11-17-14-13(15(20)22)18-19-21(14)12-8-6-5-7-9-12/h5-9,11,23H,3-4,10H2,1-2H3. The van der Waals surface area contributed by atoms with E-state index < -0.39 is 5.60 Å². The van der Waals surface area contributed by atoms with E-state index in [2.05, 4.69) is 15.3 Å². The molecule has 0 saturated heterocycles. The number of para-hydroxylation sites is 1. The Bertz CT molecular complexity index is 865. The molecule has 0 aliphatic rings. The first-order valence-electron chi connectivity index (χ1n) is 7.66. The molecule has 120 valence electrons. The van der Waals surface area contributed by atoms with Crippen LogP contribution in [0.25, 0.3) is 16.9 Å². The van der Waals surface area contributed by atoms with Crippen molar-refractivity contribution >= 4 is 11.2 Å². The van der Waals surface area contributed by atoms with Gasteiger partial charge in [-0.3, -0.25) is 9.36 Å². The molecule has 3 aromatic rings. The van der Waals surface area contributed by atoms with Gasteiger partial charge < -0.3 is 5.11 Å². The molecule has 1 N–H and O–H groups in total. The molecule has 0 spiro atoms. The quantitative estimate of drug-likeness (QED) is 0.772. The molecule has 0 aliphatic heterocycles. The van der Waals surface area contributed by atoms with Gasteiger partial charge in [-0.1, -0.05) is 37.3 Å². The number of benzene rings is 1. The molecular weight excluding hydrogens is 294 g/mol. The zero-order valence-electron chi connectivity index (χ0n) is 13.2. The van der Waals surface area contributed by atoms with E-state index in [0.29, 0.717) is 18.5 Å². The second-order valence-electron chi connectivity index (χ2n) is 5.62.